The number of methoxy groups -OCH3 is 1. The fourth-order valence-corrected chi connectivity index (χ4v) is 3.52. The molecule has 26 heavy (non-hydrogen) atoms. The van der Waals surface area contributed by atoms with Gasteiger partial charge < -0.3 is 20.1 Å². The minimum atomic E-state index is -0.168. The van der Waals surface area contributed by atoms with Gasteiger partial charge in [0.05, 0.1) is 19.8 Å². The summed E-state index contributed by atoms with van der Waals surface area (Å²) in [6.45, 7) is 2.59. The molecule has 1 aliphatic heterocycles. The molecule has 2 amide bonds. The van der Waals surface area contributed by atoms with Gasteiger partial charge in [0.2, 0.25) is 0 Å². The lowest BCUT2D eigenvalue weighted by atomic mass is 10.0. The summed E-state index contributed by atoms with van der Waals surface area (Å²) in [5.74, 6) is 1.65. The third kappa shape index (κ3) is 4.69. The lowest BCUT2D eigenvalue weighted by Crippen LogP contribution is -2.44. The Bertz CT molecular complexity index is 781. The number of amides is 2. The Balaban J connectivity index is 1.58. The maximum Gasteiger partial charge on any atom is 0.315 e. The van der Waals surface area contributed by atoms with E-state index in [1.807, 2.05) is 49.4 Å². The van der Waals surface area contributed by atoms with Crippen LogP contribution in [0, 0.1) is 0 Å². The van der Waals surface area contributed by atoms with Crippen LogP contribution >= 0.6 is 15.9 Å². The van der Waals surface area contributed by atoms with Gasteiger partial charge in [-0.05, 0) is 49.2 Å². The highest BCUT2D eigenvalue weighted by Gasteiger charge is 2.23. The maximum atomic E-state index is 12.4. The number of benzene rings is 2. The summed E-state index contributed by atoms with van der Waals surface area (Å²) in [5.41, 5.74) is 2.12. The van der Waals surface area contributed by atoms with Gasteiger partial charge in [-0.1, -0.05) is 28.1 Å². The molecule has 2 aromatic rings. The first-order valence-corrected chi connectivity index (χ1v) is 9.46. The molecular weight excluding hydrogens is 396 g/mol. The quantitative estimate of drug-likeness (QED) is 0.764. The molecule has 0 aliphatic carbocycles. The van der Waals surface area contributed by atoms with Gasteiger partial charge in [-0.2, -0.15) is 0 Å². The number of ether oxygens (including phenoxy) is 2. The number of fused-ring (bicyclic) bond motifs is 1. The number of urea groups is 1. The van der Waals surface area contributed by atoms with Gasteiger partial charge >= 0.3 is 6.03 Å². The number of carbonyl (C=O) groups is 1. The zero-order chi connectivity index (χ0) is 18.5. The number of nitrogens with one attached hydrogen (secondary N) is 2. The van der Waals surface area contributed by atoms with E-state index in [9.17, 15) is 4.79 Å². The summed E-state index contributed by atoms with van der Waals surface area (Å²) in [6, 6.07) is 13.5. The highest BCUT2D eigenvalue weighted by Crippen LogP contribution is 2.34. The van der Waals surface area contributed by atoms with Gasteiger partial charge in [-0.3, -0.25) is 0 Å². The first-order chi connectivity index (χ1) is 12.5. The molecule has 3 rings (SSSR count). The number of rotatable bonds is 5. The Labute approximate surface area is 162 Å². The van der Waals surface area contributed by atoms with Crippen LogP contribution in [0.25, 0.3) is 0 Å². The van der Waals surface area contributed by atoms with Crippen LogP contribution < -0.4 is 20.1 Å². The van der Waals surface area contributed by atoms with Crippen LogP contribution in [0.5, 0.6) is 11.5 Å². The van der Waals surface area contributed by atoms with E-state index >= 15 is 0 Å². The van der Waals surface area contributed by atoms with E-state index in [4.69, 9.17) is 9.47 Å². The van der Waals surface area contributed by atoms with Gasteiger partial charge in [0.1, 0.15) is 11.5 Å². The minimum absolute atomic E-state index is 0.00364. The molecule has 0 aromatic heterocycles. The predicted molar refractivity (Wildman–Crippen MR) is 105 cm³/mol. The zero-order valence-electron chi connectivity index (χ0n) is 14.9. The molecule has 1 aliphatic rings. The molecule has 2 atom stereocenters. The Morgan fingerprint density at radius 2 is 2.19 bits per heavy atom. The summed E-state index contributed by atoms with van der Waals surface area (Å²) in [7, 11) is 1.65. The molecule has 5 nitrogen and oxygen atoms in total. The first kappa shape index (κ1) is 18.6. The van der Waals surface area contributed by atoms with Crippen molar-refractivity contribution in [1.29, 1.82) is 0 Å². The van der Waals surface area contributed by atoms with Crippen LogP contribution in [-0.2, 0) is 6.42 Å². The molecule has 0 bridgehead atoms. The van der Waals surface area contributed by atoms with Crippen LogP contribution in [-0.4, -0.2) is 25.8 Å². The molecule has 0 saturated carbocycles. The van der Waals surface area contributed by atoms with E-state index in [2.05, 4.69) is 26.6 Å². The third-order valence-corrected chi connectivity index (χ3v) is 4.86. The van der Waals surface area contributed by atoms with Crippen molar-refractivity contribution in [3.63, 3.8) is 0 Å². The van der Waals surface area contributed by atoms with Crippen molar-refractivity contribution in [1.82, 2.24) is 10.6 Å². The van der Waals surface area contributed by atoms with Gasteiger partial charge in [0, 0.05) is 22.5 Å². The van der Waals surface area contributed by atoms with E-state index in [0.29, 0.717) is 6.61 Å². The Hall–Kier alpha value is -2.21. The maximum absolute atomic E-state index is 12.4. The van der Waals surface area contributed by atoms with Gasteiger partial charge in [-0.25, -0.2) is 4.79 Å². The van der Waals surface area contributed by atoms with Gasteiger partial charge in [-0.15, -0.1) is 0 Å². The number of carbonyl (C=O) groups excluding carboxylic acids is 1. The molecule has 0 fully saturated rings. The van der Waals surface area contributed by atoms with Crippen LogP contribution in [0.4, 0.5) is 4.79 Å². The lowest BCUT2D eigenvalue weighted by molar-refractivity contribution is 0.221. The van der Waals surface area contributed by atoms with Gasteiger partial charge in [0.25, 0.3) is 0 Å². The average molecular weight is 419 g/mol. The fraction of sp³-hybridized carbons (Fsp3) is 0.350. The summed E-state index contributed by atoms with van der Waals surface area (Å²) in [4.78, 5) is 12.4. The standard InChI is InChI=1S/C20H23BrN2O3/c1-13(10-14-4-3-5-16(11-14)25-2)22-20(24)23-18-8-9-26-19-7-6-15(21)12-17(18)19/h3-7,11-13,18H,8-10H2,1-2H3,(H2,22,23,24). The van der Waals surface area contributed by atoms with Crippen molar-refractivity contribution in [3.05, 3.63) is 58.1 Å². The van der Waals surface area contributed by atoms with Gasteiger partial charge in [0.15, 0.2) is 0 Å². The van der Waals surface area contributed by atoms with E-state index in [1.165, 1.54) is 0 Å². The Morgan fingerprint density at radius 3 is 3.00 bits per heavy atom. The summed E-state index contributed by atoms with van der Waals surface area (Å²) >= 11 is 3.48. The van der Waals surface area contributed by atoms with Crippen molar-refractivity contribution in [2.24, 2.45) is 0 Å². The van der Waals surface area contributed by atoms with Crippen molar-refractivity contribution in [3.8, 4) is 11.5 Å². The highest BCUT2D eigenvalue weighted by molar-refractivity contribution is 9.10. The molecule has 1 heterocycles. The summed E-state index contributed by atoms with van der Waals surface area (Å²) < 4.78 is 11.9. The molecule has 2 N–H and O–H groups in total. The second-order valence-electron chi connectivity index (χ2n) is 6.45. The van der Waals surface area contributed by atoms with Crippen molar-refractivity contribution in [2.75, 3.05) is 13.7 Å². The zero-order valence-corrected chi connectivity index (χ0v) is 16.5. The topological polar surface area (TPSA) is 59.6 Å². The highest BCUT2D eigenvalue weighted by atomic mass is 79.9. The van der Waals surface area contributed by atoms with Crippen LogP contribution in [0.3, 0.4) is 0 Å². The SMILES string of the molecule is COc1cccc(CC(C)NC(=O)NC2CCOc3ccc(Br)cc32)c1. The molecule has 0 saturated heterocycles. The molecule has 0 radical (unpaired) electrons. The Morgan fingerprint density at radius 1 is 1.35 bits per heavy atom. The Kier molecular flexibility index (Phi) is 6.04. The largest absolute Gasteiger partial charge is 0.497 e. The first-order valence-electron chi connectivity index (χ1n) is 8.67. The van der Waals surface area contributed by atoms with Crippen molar-refractivity contribution >= 4 is 22.0 Å². The normalized spacial score (nSPS) is 16.8. The van der Waals surface area contributed by atoms with Crippen molar-refractivity contribution in [2.45, 2.75) is 31.8 Å². The lowest BCUT2D eigenvalue weighted by Gasteiger charge is -2.27. The van der Waals surface area contributed by atoms with Crippen LogP contribution in [0.2, 0.25) is 0 Å². The fourth-order valence-electron chi connectivity index (χ4n) is 3.14. The van der Waals surface area contributed by atoms with Crippen molar-refractivity contribution < 1.29 is 14.3 Å². The summed E-state index contributed by atoms with van der Waals surface area (Å²) in [6.07, 6.45) is 1.49. The molecular formula is C20H23BrN2O3. The van der Waals surface area contributed by atoms with Crippen LogP contribution in [0.1, 0.15) is 30.5 Å². The van der Waals surface area contributed by atoms with E-state index in [1.54, 1.807) is 7.11 Å². The predicted octanol–water partition coefficient (Wildman–Crippen LogP) is 4.21. The van der Waals surface area contributed by atoms with E-state index < -0.39 is 0 Å². The minimum Gasteiger partial charge on any atom is -0.497 e. The summed E-state index contributed by atoms with van der Waals surface area (Å²) in [5, 5.41) is 6.08. The molecule has 6 heteroatoms. The number of halogens is 1. The molecule has 0 spiro atoms. The second-order valence-corrected chi connectivity index (χ2v) is 7.36. The molecule has 2 unspecified atom stereocenters. The monoisotopic (exact) mass is 418 g/mol. The van der Waals surface area contributed by atoms with E-state index in [0.717, 1.165) is 39.9 Å². The van der Waals surface area contributed by atoms with Crippen LogP contribution in [0.15, 0.2) is 46.9 Å². The number of hydrogen-bond donors (Lipinski definition) is 2. The van der Waals surface area contributed by atoms with E-state index in [-0.39, 0.29) is 18.1 Å². The third-order valence-electron chi connectivity index (χ3n) is 4.37. The number of hydrogen-bond acceptors (Lipinski definition) is 3. The molecule has 2 aromatic carbocycles. The smallest absolute Gasteiger partial charge is 0.315 e. The molecule has 138 valence electrons. The average Bonchev–Trinajstić information content (AvgIpc) is 2.62. The second kappa shape index (κ2) is 8.45.